The maximum atomic E-state index is 12.4. The van der Waals surface area contributed by atoms with Crippen molar-refractivity contribution in [2.45, 2.75) is 26.2 Å². The molecule has 0 bridgehead atoms. The predicted molar refractivity (Wildman–Crippen MR) is 96.4 cm³/mol. The molecule has 1 heterocycles. The van der Waals surface area contributed by atoms with Crippen LogP contribution in [0, 0.1) is 0 Å². The monoisotopic (exact) mass is 320 g/mol. The first-order chi connectivity index (χ1) is 11.4. The number of carbonyl (C=O) groups is 2. The molecule has 0 saturated carbocycles. The minimum Gasteiger partial charge on any atom is -0.360 e. The Bertz CT molecular complexity index is 899. The number of anilines is 1. The molecule has 0 aliphatic carbocycles. The van der Waals surface area contributed by atoms with Gasteiger partial charge in [-0.3, -0.25) is 9.59 Å². The van der Waals surface area contributed by atoms with E-state index in [-0.39, 0.29) is 5.41 Å². The fraction of sp³-hybridized carbons (Fsp3) is 0.200. The Balaban J connectivity index is 1.78. The van der Waals surface area contributed by atoms with E-state index < -0.39 is 11.7 Å². The van der Waals surface area contributed by atoms with E-state index in [4.69, 9.17) is 0 Å². The molecule has 1 amide bonds. The molecule has 0 unspecified atom stereocenters. The first-order valence-electron chi connectivity index (χ1n) is 7.88. The Morgan fingerprint density at radius 3 is 2.29 bits per heavy atom. The average molecular weight is 320 g/mol. The topological polar surface area (TPSA) is 62.0 Å². The van der Waals surface area contributed by atoms with E-state index in [1.54, 1.807) is 6.20 Å². The van der Waals surface area contributed by atoms with Gasteiger partial charge in [-0.2, -0.15) is 0 Å². The van der Waals surface area contributed by atoms with Crippen LogP contribution in [0.3, 0.4) is 0 Å². The highest BCUT2D eigenvalue weighted by atomic mass is 16.2. The molecule has 1 aromatic heterocycles. The summed E-state index contributed by atoms with van der Waals surface area (Å²) in [5, 5.41) is 3.42. The molecule has 0 spiro atoms. The van der Waals surface area contributed by atoms with Crippen molar-refractivity contribution < 1.29 is 9.59 Å². The predicted octanol–water partition coefficient (Wildman–Crippen LogP) is 4.29. The molecule has 0 aliphatic heterocycles. The van der Waals surface area contributed by atoms with Crippen LogP contribution in [0.5, 0.6) is 0 Å². The summed E-state index contributed by atoms with van der Waals surface area (Å²) in [5.41, 5.74) is 3.05. The van der Waals surface area contributed by atoms with Crippen LogP contribution in [-0.2, 0) is 10.2 Å². The Hall–Kier alpha value is -2.88. The molecule has 122 valence electrons. The summed E-state index contributed by atoms with van der Waals surface area (Å²) in [6.45, 7) is 6.38. The van der Waals surface area contributed by atoms with Gasteiger partial charge in [0.1, 0.15) is 0 Å². The minimum absolute atomic E-state index is 0.0440. The van der Waals surface area contributed by atoms with Crippen LogP contribution in [0.4, 0.5) is 5.69 Å². The van der Waals surface area contributed by atoms with Gasteiger partial charge >= 0.3 is 0 Å². The summed E-state index contributed by atoms with van der Waals surface area (Å²) in [4.78, 5) is 27.7. The molecule has 2 N–H and O–H groups in total. The maximum absolute atomic E-state index is 12.4. The number of hydrogen-bond donors (Lipinski definition) is 2. The van der Waals surface area contributed by atoms with Gasteiger partial charge in [0.15, 0.2) is 0 Å². The van der Waals surface area contributed by atoms with Crippen LogP contribution in [0.2, 0.25) is 0 Å². The van der Waals surface area contributed by atoms with Crippen molar-refractivity contribution in [3.05, 3.63) is 65.9 Å². The molecule has 3 aromatic rings. The van der Waals surface area contributed by atoms with Gasteiger partial charge in [-0.25, -0.2) is 0 Å². The normalized spacial score (nSPS) is 11.5. The van der Waals surface area contributed by atoms with E-state index in [2.05, 4.69) is 31.1 Å². The van der Waals surface area contributed by atoms with Gasteiger partial charge in [-0.1, -0.05) is 51.1 Å². The number of H-pyrrole nitrogens is 1. The van der Waals surface area contributed by atoms with E-state index in [1.165, 1.54) is 5.56 Å². The van der Waals surface area contributed by atoms with Crippen LogP contribution < -0.4 is 5.32 Å². The first-order valence-corrected chi connectivity index (χ1v) is 7.88. The van der Waals surface area contributed by atoms with Gasteiger partial charge in [0.2, 0.25) is 0 Å². The number of amides is 1. The third-order valence-corrected chi connectivity index (χ3v) is 4.05. The van der Waals surface area contributed by atoms with Gasteiger partial charge in [0.25, 0.3) is 11.7 Å². The Kier molecular flexibility index (Phi) is 3.97. The molecule has 0 saturated heterocycles. The van der Waals surface area contributed by atoms with Crippen LogP contribution >= 0.6 is 0 Å². The lowest BCUT2D eigenvalue weighted by molar-refractivity contribution is -0.112. The van der Waals surface area contributed by atoms with E-state index >= 15 is 0 Å². The van der Waals surface area contributed by atoms with Crippen LogP contribution in [0.1, 0.15) is 36.7 Å². The van der Waals surface area contributed by atoms with Crippen LogP contribution in [0.15, 0.2) is 54.7 Å². The molecule has 4 heteroatoms. The van der Waals surface area contributed by atoms with Crippen molar-refractivity contribution in [3.8, 4) is 0 Å². The highest BCUT2D eigenvalue weighted by molar-refractivity contribution is 6.48. The third kappa shape index (κ3) is 3.08. The number of hydrogen-bond acceptors (Lipinski definition) is 2. The number of nitrogens with one attached hydrogen (secondary N) is 2. The lowest BCUT2D eigenvalue weighted by Crippen LogP contribution is -2.22. The number of aromatic nitrogens is 1. The van der Waals surface area contributed by atoms with E-state index in [0.29, 0.717) is 11.3 Å². The quantitative estimate of drug-likeness (QED) is 0.558. The van der Waals surface area contributed by atoms with Crippen LogP contribution in [-0.4, -0.2) is 16.7 Å². The van der Waals surface area contributed by atoms with E-state index in [1.807, 2.05) is 48.5 Å². The SMILES string of the molecule is CC(C)(C)c1ccc(NC(=O)C(=O)c2c[nH]c3ccccc23)cc1. The Labute approximate surface area is 140 Å². The van der Waals surface area contributed by atoms with E-state index in [9.17, 15) is 9.59 Å². The molecular weight excluding hydrogens is 300 g/mol. The second-order valence-electron chi connectivity index (χ2n) is 6.86. The molecular formula is C20H20N2O2. The largest absolute Gasteiger partial charge is 0.360 e. The summed E-state index contributed by atoms with van der Waals surface area (Å²) in [5.74, 6) is -1.18. The molecule has 4 nitrogen and oxygen atoms in total. The zero-order valence-corrected chi connectivity index (χ0v) is 14.0. The van der Waals surface area contributed by atoms with Gasteiger partial charge < -0.3 is 10.3 Å². The van der Waals surface area contributed by atoms with Crippen LogP contribution in [0.25, 0.3) is 10.9 Å². The molecule has 2 aromatic carbocycles. The highest BCUT2D eigenvalue weighted by Gasteiger charge is 2.20. The fourth-order valence-corrected chi connectivity index (χ4v) is 2.62. The first kappa shape index (κ1) is 16.0. The number of rotatable bonds is 3. The highest BCUT2D eigenvalue weighted by Crippen LogP contribution is 2.24. The maximum Gasteiger partial charge on any atom is 0.296 e. The molecule has 0 fully saturated rings. The minimum atomic E-state index is -0.636. The summed E-state index contributed by atoms with van der Waals surface area (Å²) >= 11 is 0. The van der Waals surface area contributed by atoms with Gasteiger partial charge in [-0.05, 0) is 29.2 Å². The number of fused-ring (bicyclic) bond motifs is 1. The number of benzene rings is 2. The zero-order chi connectivity index (χ0) is 17.3. The third-order valence-electron chi connectivity index (χ3n) is 4.05. The molecule has 0 radical (unpaired) electrons. The lowest BCUT2D eigenvalue weighted by Gasteiger charge is -2.19. The van der Waals surface area contributed by atoms with Crippen molar-refractivity contribution in [2.24, 2.45) is 0 Å². The standard InChI is InChI=1S/C20H20N2O2/c1-20(2,3)13-8-10-14(11-9-13)22-19(24)18(23)16-12-21-17-7-5-4-6-15(16)17/h4-12,21H,1-3H3,(H,22,24). The Morgan fingerprint density at radius 2 is 1.62 bits per heavy atom. The molecule has 3 rings (SSSR count). The second kappa shape index (κ2) is 5.96. The molecule has 0 aliphatic rings. The van der Waals surface area contributed by atoms with Gasteiger partial charge in [0, 0.05) is 22.8 Å². The Morgan fingerprint density at radius 1 is 0.958 bits per heavy atom. The van der Waals surface area contributed by atoms with Crippen molar-refractivity contribution in [2.75, 3.05) is 5.32 Å². The van der Waals surface area contributed by atoms with Crippen molar-refractivity contribution in [1.29, 1.82) is 0 Å². The van der Waals surface area contributed by atoms with Crippen molar-refractivity contribution in [3.63, 3.8) is 0 Å². The molecule has 0 atom stereocenters. The van der Waals surface area contributed by atoms with Crippen molar-refractivity contribution in [1.82, 2.24) is 4.98 Å². The average Bonchev–Trinajstić information content (AvgIpc) is 2.97. The fourth-order valence-electron chi connectivity index (χ4n) is 2.62. The number of Topliss-reactive ketones (excluding diaryl/α,β-unsaturated/α-hetero) is 1. The molecule has 24 heavy (non-hydrogen) atoms. The van der Waals surface area contributed by atoms with E-state index in [0.717, 1.165) is 10.9 Å². The summed E-state index contributed by atoms with van der Waals surface area (Å²) < 4.78 is 0. The smallest absolute Gasteiger partial charge is 0.296 e. The number of para-hydroxylation sites is 1. The number of aromatic amines is 1. The summed E-state index contributed by atoms with van der Waals surface area (Å²) in [6.07, 6.45) is 1.58. The zero-order valence-electron chi connectivity index (χ0n) is 14.0. The summed E-state index contributed by atoms with van der Waals surface area (Å²) in [7, 11) is 0. The van der Waals surface area contributed by atoms with Gasteiger partial charge in [-0.15, -0.1) is 0 Å². The summed E-state index contributed by atoms with van der Waals surface area (Å²) in [6, 6.07) is 15.0. The number of carbonyl (C=O) groups excluding carboxylic acids is 2. The van der Waals surface area contributed by atoms with Crippen molar-refractivity contribution >= 4 is 28.3 Å². The van der Waals surface area contributed by atoms with Gasteiger partial charge in [0.05, 0.1) is 5.56 Å². The number of ketones is 1. The lowest BCUT2D eigenvalue weighted by atomic mass is 9.87. The second-order valence-corrected chi connectivity index (χ2v) is 6.86.